The fourth-order valence-electron chi connectivity index (χ4n) is 4.41. The summed E-state index contributed by atoms with van der Waals surface area (Å²) >= 11 is 0. The molecule has 0 aromatic carbocycles. The molecule has 2 heterocycles. The molecular formula is C17H34N2O2. The quantitative estimate of drug-likeness (QED) is 0.844. The van der Waals surface area contributed by atoms with Crippen molar-refractivity contribution in [3.63, 3.8) is 0 Å². The number of hydrogen-bond acceptors (Lipinski definition) is 4. The van der Waals surface area contributed by atoms with Crippen molar-refractivity contribution >= 4 is 0 Å². The number of rotatable bonds is 5. The van der Waals surface area contributed by atoms with Gasteiger partial charge in [0.05, 0.1) is 17.3 Å². The molecule has 0 aromatic rings. The maximum Gasteiger partial charge on any atom is 0.0790 e. The van der Waals surface area contributed by atoms with E-state index in [0.29, 0.717) is 18.1 Å². The van der Waals surface area contributed by atoms with Crippen LogP contribution >= 0.6 is 0 Å². The van der Waals surface area contributed by atoms with Crippen LogP contribution in [0.4, 0.5) is 0 Å². The lowest BCUT2D eigenvalue weighted by Gasteiger charge is -2.38. The maximum atomic E-state index is 6.35. The van der Waals surface area contributed by atoms with Crippen LogP contribution in [0, 0.1) is 5.92 Å². The molecule has 0 saturated carbocycles. The van der Waals surface area contributed by atoms with Crippen molar-refractivity contribution in [3.05, 3.63) is 0 Å². The van der Waals surface area contributed by atoms with E-state index in [4.69, 9.17) is 9.47 Å². The van der Waals surface area contributed by atoms with E-state index in [9.17, 15) is 0 Å². The van der Waals surface area contributed by atoms with Crippen LogP contribution in [0.25, 0.3) is 0 Å². The summed E-state index contributed by atoms with van der Waals surface area (Å²) in [5.74, 6) is 0.498. The molecule has 2 fully saturated rings. The van der Waals surface area contributed by atoms with Gasteiger partial charge in [0.25, 0.3) is 0 Å². The van der Waals surface area contributed by atoms with Gasteiger partial charge in [-0.2, -0.15) is 0 Å². The zero-order chi connectivity index (χ0) is 15.7. The van der Waals surface area contributed by atoms with E-state index in [-0.39, 0.29) is 11.2 Å². The van der Waals surface area contributed by atoms with E-state index in [1.807, 2.05) is 0 Å². The van der Waals surface area contributed by atoms with Gasteiger partial charge >= 0.3 is 0 Å². The van der Waals surface area contributed by atoms with Crippen molar-refractivity contribution in [2.75, 3.05) is 33.3 Å². The topological polar surface area (TPSA) is 33.7 Å². The third-order valence-electron chi connectivity index (χ3n) is 5.20. The van der Waals surface area contributed by atoms with Gasteiger partial charge < -0.3 is 19.7 Å². The Labute approximate surface area is 130 Å². The highest BCUT2D eigenvalue weighted by atomic mass is 16.5. The van der Waals surface area contributed by atoms with Gasteiger partial charge in [0.15, 0.2) is 0 Å². The van der Waals surface area contributed by atoms with Gasteiger partial charge in [0, 0.05) is 31.7 Å². The molecule has 0 bridgehead atoms. The van der Waals surface area contributed by atoms with Gasteiger partial charge in [-0.25, -0.2) is 0 Å². The smallest absolute Gasteiger partial charge is 0.0790 e. The lowest BCUT2D eigenvalue weighted by atomic mass is 9.82. The first-order valence-electron chi connectivity index (χ1n) is 8.51. The first kappa shape index (κ1) is 17.2. The van der Waals surface area contributed by atoms with Gasteiger partial charge in [-0.3, -0.25) is 0 Å². The molecule has 0 aromatic heterocycles. The summed E-state index contributed by atoms with van der Waals surface area (Å²) in [7, 11) is 2.06. The monoisotopic (exact) mass is 298 g/mol. The molecule has 2 aliphatic heterocycles. The third kappa shape index (κ3) is 3.79. The molecule has 1 N–H and O–H groups in total. The van der Waals surface area contributed by atoms with E-state index in [1.54, 1.807) is 0 Å². The van der Waals surface area contributed by atoms with Gasteiger partial charge in [0.2, 0.25) is 0 Å². The minimum atomic E-state index is -0.113. The van der Waals surface area contributed by atoms with Crippen molar-refractivity contribution in [1.29, 1.82) is 0 Å². The average Bonchev–Trinajstić information content (AvgIpc) is 2.55. The molecular weight excluding hydrogens is 264 g/mol. The molecule has 0 amide bonds. The predicted octanol–water partition coefficient (Wildman–Crippen LogP) is 2.28. The van der Waals surface area contributed by atoms with Crippen molar-refractivity contribution in [2.24, 2.45) is 5.92 Å². The number of hydrogen-bond donors (Lipinski definition) is 1. The zero-order valence-corrected chi connectivity index (χ0v) is 14.7. The molecule has 2 rings (SSSR count). The molecule has 0 spiro atoms. The molecule has 0 radical (unpaired) electrons. The number of piperidine rings is 1. The summed E-state index contributed by atoms with van der Waals surface area (Å²) in [5.41, 5.74) is -0.201. The van der Waals surface area contributed by atoms with E-state index in [2.05, 4.69) is 51.9 Å². The van der Waals surface area contributed by atoms with Crippen LogP contribution in [0.1, 0.15) is 47.5 Å². The predicted molar refractivity (Wildman–Crippen MR) is 86.7 cm³/mol. The Kier molecular flexibility index (Phi) is 5.35. The van der Waals surface area contributed by atoms with Gasteiger partial charge in [-0.05, 0) is 61.1 Å². The molecule has 21 heavy (non-hydrogen) atoms. The second-order valence-corrected chi connectivity index (χ2v) is 7.66. The lowest BCUT2D eigenvalue weighted by Crippen LogP contribution is -2.51. The second kappa shape index (κ2) is 6.53. The number of likely N-dealkylation sites (tertiary alicyclic amines) is 1. The Morgan fingerprint density at radius 3 is 2.57 bits per heavy atom. The Morgan fingerprint density at radius 1 is 1.24 bits per heavy atom. The highest BCUT2D eigenvalue weighted by Gasteiger charge is 2.53. The largest absolute Gasteiger partial charge is 0.377 e. The second-order valence-electron chi connectivity index (χ2n) is 7.66. The number of nitrogens with zero attached hydrogens (tertiary/aromatic N) is 1. The molecule has 2 saturated heterocycles. The molecule has 2 aliphatic rings. The van der Waals surface area contributed by atoms with Crippen LogP contribution in [-0.4, -0.2) is 61.5 Å². The molecule has 3 atom stereocenters. The van der Waals surface area contributed by atoms with E-state index < -0.39 is 0 Å². The normalized spacial score (nSPS) is 36.0. The number of likely N-dealkylation sites (N-methyl/N-ethyl adjacent to an activating group) is 1. The molecule has 0 aliphatic carbocycles. The van der Waals surface area contributed by atoms with Crippen molar-refractivity contribution in [1.82, 2.24) is 10.2 Å². The summed E-state index contributed by atoms with van der Waals surface area (Å²) in [6.45, 7) is 15.1. The Balaban J connectivity index is 2.03. The fraction of sp³-hybridized carbons (Fsp3) is 1.00. The highest BCUT2D eigenvalue weighted by Crippen LogP contribution is 2.42. The van der Waals surface area contributed by atoms with E-state index in [1.165, 1.54) is 19.4 Å². The highest BCUT2D eigenvalue weighted by molar-refractivity contribution is 5.06. The first-order chi connectivity index (χ1) is 9.80. The van der Waals surface area contributed by atoms with Crippen LogP contribution in [0.5, 0.6) is 0 Å². The zero-order valence-electron chi connectivity index (χ0n) is 14.7. The van der Waals surface area contributed by atoms with Crippen LogP contribution in [0.2, 0.25) is 0 Å². The summed E-state index contributed by atoms with van der Waals surface area (Å²) in [6.07, 6.45) is 2.86. The summed E-state index contributed by atoms with van der Waals surface area (Å²) in [4.78, 5) is 2.57. The Hall–Kier alpha value is -0.160. The third-order valence-corrected chi connectivity index (χ3v) is 5.20. The van der Waals surface area contributed by atoms with Gasteiger partial charge in [-0.1, -0.05) is 0 Å². The SMILES string of the molecule is CCOC1CCCN(CC2C(NC)C(C)(C)OC2(C)C)C1. The Morgan fingerprint density at radius 2 is 1.95 bits per heavy atom. The van der Waals surface area contributed by atoms with Crippen LogP contribution < -0.4 is 5.32 Å². The van der Waals surface area contributed by atoms with Gasteiger partial charge in [-0.15, -0.1) is 0 Å². The van der Waals surface area contributed by atoms with Crippen LogP contribution in [-0.2, 0) is 9.47 Å². The minimum absolute atomic E-state index is 0.0876. The number of nitrogens with one attached hydrogen (secondary N) is 1. The fourth-order valence-corrected chi connectivity index (χ4v) is 4.41. The van der Waals surface area contributed by atoms with Gasteiger partial charge in [0.1, 0.15) is 0 Å². The summed E-state index contributed by atoms with van der Waals surface area (Å²) in [6, 6.07) is 0.389. The van der Waals surface area contributed by atoms with Crippen LogP contribution in [0.3, 0.4) is 0 Å². The molecule has 4 heteroatoms. The standard InChI is InChI=1S/C17H34N2O2/c1-7-20-13-9-8-10-19(11-13)12-14-15(18-6)17(4,5)21-16(14,2)3/h13-15,18H,7-12H2,1-6H3. The minimum Gasteiger partial charge on any atom is -0.377 e. The van der Waals surface area contributed by atoms with Crippen molar-refractivity contribution < 1.29 is 9.47 Å². The van der Waals surface area contributed by atoms with E-state index >= 15 is 0 Å². The summed E-state index contributed by atoms with van der Waals surface area (Å²) in [5, 5.41) is 3.50. The molecule has 4 nitrogen and oxygen atoms in total. The number of ether oxygens (including phenoxy) is 2. The van der Waals surface area contributed by atoms with Crippen LogP contribution in [0.15, 0.2) is 0 Å². The van der Waals surface area contributed by atoms with Crippen molar-refractivity contribution in [2.45, 2.75) is 70.8 Å². The lowest BCUT2D eigenvalue weighted by molar-refractivity contribution is -0.0813. The summed E-state index contributed by atoms with van der Waals surface area (Å²) < 4.78 is 12.2. The Bertz CT molecular complexity index is 342. The average molecular weight is 298 g/mol. The molecule has 3 unspecified atom stereocenters. The first-order valence-corrected chi connectivity index (χ1v) is 8.51. The van der Waals surface area contributed by atoms with E-state index in [0.717, 1.165) is 19.7 Å². The van der Waals surface area contributed by atoms with Crippen molar-refractivity contribution in [3.8, 4) is 0 Å². The maximum absolute atomic E-state index is 6.35. The molecule has 124 valence electrons.